The zero-order chi connectivity index (χ0) is 25.8. The van der Waals surface area contributed by atoms with E-state index in [-0.39, 0.29) is 27.6 Å². The summed E-state index contributed by atoms with van der Waals surface area (Å²) in [5.41, 5.74) is 12.9. The molecule has 0 atom stereocenters. The molecular formula is C19H19N9O5S2. The van der Waals surface area contributed by atoms with Crippen molar-refractivity contribution in [2.75, 3.05) is 5.32 Å². The van der Waals surface area contributed by atoms with Gasteiger partial charge in [-0.3, -0.25) is 20.2 Å². The maximum absolute atomic E-state index is 12.6. The van der Waals surface area contributed by atoms with Gasteiger partial charge in [-0.15, -0.1) is 14.6 Å². The van der Waals surface area contributed by atoms with Crippen LogP contribution >= 0.6 is 11.3 Å². The van der Waals surface area contributed by atoms with Crippen molar-refractivity contribution < 1.29 is 18.1 Å². The van der Waals surface area contributed by atoms with Crippen LogP contribution in [0.5, 0.6) is 0 Å². The molecule has 1 aromatic heterocycles. The number of sulfonamides is 1. The molecule has 14 nitrogen and oxygen atoms in total. The van der Waals surface area contributed by atoms with Gasteiger partial charge in [-0.25, -0.2) is 0 Å². The number of amides is 1. The van der Waals surface area contributed by atoms with Crippen LogP contribution in [0.25, 0.3) is 10.6 Å². The maximum atomic E-state index is 12.6. The number of aromatic nitrogens is 2. The Morgan fingerprint density at radius 3 is 2.40 bits per heavy atom. The average molecular weight is 518 g/mol. The number of anilines is 1. The molecule has 3 rings (SSSR count). The summed E-state index contributed by atoms with van der Waals surface area (Å²) in [5.74, 6) is -1.11. The van der Waals surface area contributed by atoms with Crippen LogP contribution in [0, 0.1) is 17.0 Å². The van der Waals surface area contributed by atoms with Crippen LogP contribution in [0.2, 0.25) is 0 Å². The molecule has 35 heavy (non-hydrogen) atoms. The first-order valence-electron chi connectivity index (χ1n) is 9.63. The van der Waals surface area contributed by atoms with E-state index in [1.165, 1.54) is 49.4 Å². The first-order chi connectivity index (χ1) is 16.4. The third-order valence-electron chi connectivity index (χ3n) is 4.24. The van der Waals surface area contributed by atoms with Crippen molar-refractivity contribution in [2.45, 2.75) is 18.7 Å². The lowest BCUT2D eigenvalue weighted by Gasteiger charge is -2.08. The SMILES string of the molecule is CC(=O)Nc1ccc(S(=O)(=O)/N=C(\N)N/C(N)=N/c2nnc(-c3ccc([N+](=O)[O-])cc3)s2)cc1C. The normalized spacial score (nSPS) is 12.3. The lowest BCUT2D eigenvalue weighted by atomic mass is 10.2. The predicted octanol–water partition coefficient (Wildman–Crippen LogP) is 1.62. The summed E-state index contributed by atoms with van der Waals surface area (Å²) >= 11 is 1.04. The molecule has 0 aliphatic carbocycles. The molecule has 182 valence electrons. The number of benzene rings is 2. The Balaban J connectivity index is 1.72. The number of nitro benzene ring substituents is 1. The highest BCUT2D eigenvalue weighted by Crippen LogP contribution is 2.29. The number of carbonyl (C=O) groups excluding carboxylic acids is 1. The molecule has 1 amide bonds. The predicted molar refractivity (Wildman–Crippen MR) is 131 cm³/mol. The zero-order valence-electron chi connectivity index (χ0n) is 18.3. The molecule has 1 heterocycles. The second-order valence-electron chi connectivity index (χ2n) is 6.93. The minimum atomic E-state index is -4.18. The Labute approximate surface area is 203 Å². The molecule has 2 aromatic carbocycles. The van der Waals surface area contributed by atoms with Gasteiger partial charge in [-0.1, -0.05) is 11.3 Å². The smallest absolute Gasteiger partial charge is 0.285 e. The molecule has 0 saturated carbocycles. The average Bonchev–Trinajstić information content (AvgIpc) is 3.22. The fourth-order valence-corrected chi connectivity index (χ4v) is 4.41. The quantitative estimate of drug-likeness (QED) is 0.160. The summed E-state index contributed by atoms with van der Waals surface area (Å²) in [6.07, 6.45) is 0. The second kappa shape index (κ2) is 10.2. The first kappa shape index (κ1) is 25.2. The van der Waals surface area contributed by atoms with Gasteiger partial charge >= 0.3 is 0 Å². The van der Waals surface area contributed by atoms with Crippen LogP contribution in [0.1, 0.15) is 12.5 Å². The number of rotatable bonds is 6. The van der Waals surface area contributed by atoms with Crippen LogP contribution in [-0.4, -0.2) is 41.4 Å². The van der Waals surface area contributed by atoms with Gasteiger partial charge < -0.3 is 16.8 Å². The molecule has 0 bridgehead atoms. The number of nitrogens with zero attached hydrogens (tertiary/aromatic N) is 5. The number of hydrogen-bond acceptors (Lipinski definition) is 9. The molecule has 0 aliphatic rings. The van der Waals surface area contributed by atoms with Crippen molar-refractivity contribution in [3.05, 3.63) is 58.1 Å². The van der Waals surface area contributed by atoms with Gasteiger partial charge in [0.25, 0.3) is 15.7 Å². The summed E-state index contributed by atoms with van der Waals surface area (Å²) in [5, 5.41) is 24.1. The molecule has 3 aromatic rings. The highest BCUT2D eigenvalue weighted by atomic mass is 32.2. The van der Waals surface area contributed by atoms with Gasteiger partial charge in [0.15, 0.2) is 0 Å². The number of hydrogen-bond donors (Lipinski definition) is 4. The highest BCUT2D eigenvalue weighted by molar-refractivity contribution is 7.90. The fraction of sp³-hybridized carbons (Fsp3) is 0.105. The van der Waals surface area contributed by atoms with E-state index in [1.54, 1.807) is 6.92 Å². The number of non-ortho nitro benzene ring substituents is 1. The van der Waals surface area contributed by atoms with Gasteiger partial charge in [0.1, 0.15) is 5.01 Å². The van der Waals surface area contributed by atoms with Gasteiger partial charge in [0, 0.05) is 30.3 Å². The van der Waals surface area contributed by atoms with E-state index < -0.39 is 20.9 Å². The maximum Gasteiger partial charge on any atom is 0.285 e. The van der Waals surface area contributed by atoms with Crippen molar-refractivity contribution in [2.24, 2.45) is 20.9 Å². The number of nitro groups is 1. The lowest BCUT2D eigenvalue weighted by molar-refractivity contribution is -0.384. The van der Waals surface area contributed by atoms with Crippen LogP contribution in [0.3, 0.4) is 0 Å². The third-order valence-corrected chi connectivity index (χ3v) is 6.39. The monoisotopic (exact) mass is 517 g/mol. The Hall–Kier alpha value is -4.44. The van der Waals surface area contributed by atoms with Crippen molar-refractivity contribution in [1.29, 1.82) is 0 Å². The Morgan fingerprint density at radius 2 is 1.80 bits per heavy atom. The van der Waals surface area contributed by atoms with Gasteiger partial charge in [-0.05, 0) is 42.8 Å². The minimum Gasteiger partial charge on any atom is -0.369 e. The Morgan fingerprint density at radius 1 is 1.11 bits per heavy atom. The molecule has 16 heteroatoms. The number of guanidine groups is 2. The summed E-state index contributed by atoms with van der Waals surface area (Å²) in [7, 11) is -4.18. The van der Waals surface area contributed by atoms with E-state index >= 15 is 0 Å². The topological polar surface area (TPSA) is 221 Å². The molecular weight excluding hydrogens is 498 g/mol. The largest absolute Gasteiger partial charge is 0.369 e. The van der Waals surface area contributed by atoms with Crippen molar-refractivity contribution in [3.8, 4) is 10.6 Å². The molecule has 0 aliphatic heterocycles. The van der Waals surface area contributed by atoms with E-state index in [9.17, 15) is 23.3 Å². The summed E-state index contributed by atoms with van der Waals surface area (Å²) in [6, 6.07) is 9.78. The van der Waals surface area contributed by atoms with Crippen LogP contribution in [0.4, 0.5) is 16.5 Å². The molecule has 0 radical (unpaired) electrons. The van der Waals surface area contributed by atoms with Gasteiger partial charge in [0.2, 0.25) is 23.0 Å². The number of nitrogens with one attached hydrogen (secondary N) is 2. The van der Waals surface area contributed by atoms with Crippen molar-refractivity contribution >= 4 is 55.7 Å². The Kier molecular flexibility index (Phi) is 7.36. The number of carbonyl (C=O) groups is 1. The van der Waals surface area contributed by atoms with E-state index in [0.717, 1.165) is 11.3 Å². The number of aryl methyl sites for hydroxylation is 1. The highest BCUT2D eigenvalue weighted by Gasteiger charge is 2.16. The zero-order valence-corrected chi connectivity index (χ0v) is 19.9. The summed E-state index contributed by atoms with van der Waals surface area (Å²) < 4.78 is 28.6. The van der Waals surface area contributed by atoms with Crippen LogP contribution < -0.4 is 22.1 Å². The first-order valence-corrected chi connectivity index (χ1v) is 11.9. The van der Waals surface area contributed by atoms with Gasteiger partial charge in [-0.2, -0.15) is 13.4 Å². The minimum absolute atomic E-state index is 0.0616. The van der Waals surface area contributed by atoms with Crippen LogP contribution in [0.15, 0.2) is 56.8 Å². The standard InChI is InChI=1S/C19H19N9O5S2/c1-10-9-14(7-8-15(10)22-11(2)29)35(32,33)27-18(21)23-17(20)24-19-26-25-16(34-19)12-3-5-13(6-4-12)28(30)31/h3-9H,1-2H3,(H,22,29)(H5,20,21,23,24,26,27). The molecule has 6 N–H and O–H groups in total. The molecule has 0 saturated heterocycles. The second-order valence-corrected chi connectivity index (χ2v) is 9.49. The third kappa shape index (κ3) is 6.55. The summed E-state index contributed by atoms with van der Waals surface area (Å²) in [4.78, 5) is 25.3. The number of nitrogens with two attached hydrogens (primary N) is 2. The van der Waals surface area contributed by atoms with Crippen molar-refractivity contribution in [1.82, 2.24) is 15.5 Å². The Bertz CT molecular complexity index is 1450. The van der Waals surface area contributed by atoms with E-state index in [1.807, 2.05) is 0 Å². The lowest BCUT2D eigenvalue weighted by Crippen LogP contribution is -2.41. The van der Waals surface area contributed by atoms with Crippen molar-refractivity contribution in [3.63, 3.8) is 0 Å². The molecule has 0 fully saturated rings. The molecule has 0 unspecified atom stereocenters. The fourth-order valence-electron chi connectivity index (χ4n) is 2.70. The van der Waals surface area contributed by atoms with Crippen LogP contribution in [-0.2, 0) is 14.8 Å². The van der Waals surface area contributed by atoms with E-state index in [4.69, 9.17) is 11.5 Å². The summed E-state index contributed by atoms with van der Waals surface area (Å²) in [6.45, 7) is 2.97. The van der Waals surface area contributed by atoms with E-state index in [2.05, 4.69) is 30.2 Å². The van der Waals surface area contributed by atoms with Gasteiger partial charge in [0.05, 0.1) is 9.82 Å². The molecule has 0 spiro atoms. The van der Waals surface area contributed by atoms with E-state index in [0.29, 0.717) is 21.8 Å². The number of aliphatic imine (C=N–C) groups is 1.